The first-order valence-electron chi connectivity index (χ1n) is 9.71. The molecule has 0 amide bonds. The van der Waals surface area contributed by atoms with Crippen molar-refractivity contribution in [1.29, 1.82) is 0 Å². The Kier molecular flexibility index (Phi) is 9.11. The molecule has 0 bridgehead atoms. The van der Waals surface area contributed by atoms with E-state index in [1.165, 1.54) is 0 Å². The minimum atomic E-state index is -0.339. The monoisotopic (exact) mass is 368 g/mol. The molecule has 2 aromatic rings. The summed E-state index contributed by atoms with van der Waals surface area (Å²) in [6.45, 7) is 2.61. The average Bonchev–Trinajstić information content (AvgIpc) is 2.69. The number of esters is 2. The molecule has 0 aromatic heterocycles. The Hall–Kier alpha value is -2.62. The molecule has 0 unspecified atom stereocenters. The zero-order valence-electron chi connectivity index (χ0n) is 16.0. The van der Waals surface area contributed by atoms with Crippen LogP contribution >= 0.6 is 0 Å². The lowest BCUT2D eigenvalue weighted by atomic mass is 10.1. The number of unbranched alkanes of at least 4 members (excludes halogenated alkanes) is 3. The maximum absolute atomic E-state index is 12.1. The summed E-state index contributed by atoms with van der Waals surface area (Å²) in [5.74, 6) is -0.0506. The van der Waals surface area contributed by atoms with E-state index in [1.54, 1.807) is 6.07 Å². The second kappa shape index (κ2) is 11.9. The van der Waals surface area contributed by atoms with Crippen molar-refractivity contribution in [2.24, 2.45) is 0 Å². The molecule has 4 nitrogen and oxygen atoms in total. The first-order chi connectivity index (χ1) is 13.2. The fraction of sp³-hybridized carbons (Fsp3) is 0.391. The summed E-state index contributed by atoms with van der Waals surface area (Å²) in [7, 11) is 0. The number of hydrogen-bond acceptors (Lipinski definition) is 4. The summed E-state index contributed by atoms with van der Waals surface area (Å²) in [5.41, 5.74) is 1.87. The second-order valence-corrected chi connectivity index (χ2v) is 6.47. The first kappa shape index (κ1) is 20.7. The Bertz CT molecular complexity index is 709. The predicted molar refractivity (Wildman–Crippen MR) is 106 cm³/mol. The van der Waals surface area contributed by atoms with E-state index in [0.717, 1.165) is 36.8 Å². The van der Waals surface area contributed by atoms with Gasteiger partial charge in [0.25, 0.3) is 0 Å². The number of carbonyl (C=O) groups excluding carboxylic acids is 2. The number of hydrogen-bond donors (Lipinski definition) is 0. The van der Waals surface area contributed by atoms with Crippen LogP contribution in [0.1, 0.15) is 51.9 Å². The van der Waals surface area contributed by atoms with Crippen LogP contribution in [0.3, 0.4) is 0 Å². The van der Waals surface area contributed by atoms with Crippen molar-refractivity contribution in [1.82, 2.24) is 0 Å². The van der Waals surface area contributed by atoms with Crippen molar-refractivity contribution in [3.8, 4) is 16.9 Å². The molecule has 0 radical (unpaired) electrons. The Morgan fingerprint density at radius 3 is 2.26 bits per heavy atom. The molecule has 0 fully saturated rings. The van der Waals surface area contributed by atoms with Crippen LogP contribution < -0.4 is 4.74 Å². The Morgan fingerprint density at radius 2 is 1.48 bits per heavy atom. The van der Waals surface area contributed by atoms with Crippen LogP contribution in [0.5, 0.6) is 5.75 Å². The molecule has 0 saturated carbocycles. The fourth-order valence-corrected chi connectivity index (χ4v) is 2.75. The maximum Gasteiger partial charge on any atom is 0.311 e. The second-order valence-electron chi connectivity index (χ2n) is 6.47. The third-order valence-electron chi connectivity index (χ3n) is 4.22. The third-order valence-corrected chi connectivity index (χ3v) is 4.22. The van der Waals surface area contributed by atoms with Crippen LogP contribution in [-0.4, -0.2) is 18.5 Å². The topological polar surface area (TPSA) is 52.6 Å². The van der Waals surface area contributed by atoms with Gasteiger partial charge in [0, 0.05) is 18.4 Å². The SMILES string of the molecule is CCCCCCOC(=O)CCCC(=O)Oc1ccccc1-c1ccccc1. The van der Waals surface area contributed by atoms with Gasteiger partial charge in [-0.1, -0.05) is 74.7 Å². The standard InChI is InChI=1S/C23H28O4/c1-2-3-4-10-18-26-22(24)16-11-17-23(25)27-21-15-9-8-14-20(21)19-12-6-5-7-13-19/h5-9,12-15H,2-4,10-11,16-18H2,1H3. The van der Waals surface area contributed by atoms with E-state index in [0.29, 0.717) is 18.8 Å². The van der Waals surface area contributed by atoms with Crippen molar-refractivity contribution in [2.45, 2.75) is 51.9 Å². The van der Waals surface area contributed by atoms with Crippen LogP contribution in [0.15, 0.2) is 54.6 Å². The molecule has 2 rings (SSSR count). The highest BCUT2D eigenvalue weighted by molar-refractivity contribution is 5.78. The fourth-order valence-electron chi connectivity index (χ4n) is 2.75. The minimum absolute atomic E-state index is 0.189. The van der Waals surface area contributed by atoms with Gasteiger partial charge in [-0.2, -0.15) is 0 Å². The maximum atomic E-state index is 12.1. The van der Waals surface area contributed by atoms with E-state index in [1.807, 2.05) is 48.5 Å². The molecule has 0 aliphatic rings. The van der Waals surface area contributed by atoms with Gasteiger partial charge in [-0.3, -0.25) is 9.59 Å². The van der Waals surface area contributed by atoms with E-state index in [4.69, 9.17) is 9.47 Å². The molecule has 27 heavy (non-hydrogen) atoms. The average molecular weight is 368 g/mol. The Morgan fingerprint density at radius 1 is 0.778 bits per heavy atom. The van der Waals surface area contributed by atoms with Crippen molar-refractivity contribution in [2.75, 3.05) is 6.61 Å². The Balaban J connectivity index is 1.74. The van der Waals surface area contributed by atoms with E-state index in [2.05, 4.69) is 6.92 Å². The third kappa shape index (κ3) is 7.65. The normalized spacial score (nSPS) is 10.4. The van der Waals surface area contributed by atoms with Gasteiger partial charge >= 0.3 is 11.9 Å². The van der Waals surface area contributed by atoms with Crippen molar-refractivity contribution >= 4 is 11.9 Å². The molecule has 4 heteroatoms. The summed E-state index contributed by atoms with van der Waals surface area (Å²) in [5, 5.41) is 0. The minimum Gasteiger partial charge on any atom is -0.466 e. The summed E-state index contributed by atoms with van der Waals surface area (Å²) >= 11 is 0. The lowest BCUT2D eigenvalue weighted by Crippen LogP contribution is -2.11. The summed E-state index contributed by atoms with van der Waals surface area (Å²) < 4.78 is 10.7. The predicted octanol–water partition coefficient (Wildman–Crippen LogP) is 5.55. The van der Waals surface area contributed by atoms with Gasteiger partial charge < -0.3 is 9.47 Å². The number of benzene rings is 2. The van der Waals surface area contributed by atoms with Gasteiger partial charge in [-0.05, 0) is 24.5 Å². The van der Waals surface area contributed by atoms with Crippen LogP contribution in [0.4, 0.5) is 0 Å². The van der Waals surface area contributed by atoms with Gasteiger partial charge in [-0.15, -0.1) is 0 Å². The molecule has 0 N–H and O–H groups in total. The molecule has 0 spiro atoms. The van der Waals surface area contributed by atoms with Crippen LogP contribution in [0.25, 0.3) is 11.1 Å². The van der Waals surface area contributed by atoms with Crippen LogP contribution in [0.2, 0.25) is 0 Å². The Labute approximate surface area is 161 Å². The smallest absolute Gasteiger partial charge is 0.311 e. The summed E-state index contributed by atoms with van der Waals surface area (Å²) in [6.07, 6.45) is 5.16. The number of para-hydroxylation sites is 1. The summed E-state index contributed by atoms with van der Waals surface area (Å²) in [6, 6.07) is 17.2. The lowest BCUT2D eigenvalue weighted by molar-refractivity contribution is -0.144. The lowest BCUT2D eigenvalue weighted by Gasteiger charge is -2.10. The molecule has 0 saturated heterocycles. The van der Waals surface area contributed by atoms with Gasteiger partial charge in [0.15, 0.2) is 0 Å². The first-order valence-corrected chi connectivity index (χ1v) is 9.71. The number of carbonyl (C=O) groups is 2. The van der Waals surface area contributed by atoms with Gasteiger partial charge in [0.2, 0.25) is 0 Å². The highest BCUT2D eigenvalue weighted by atomic mass is 16.5. The van der Waals surface area contributed by atoms with Crippen molar-refractivity contribution in [3.63, 3.8) is 0 Å². The molecule has 0 aliphatic carbocycles. The summed E-state index contributed by atoms with van der Waals surface area (Å²) in [4.78, 5) is 23.8. The molecule has 2 aromatic carbocycles. The zero-order valence-corrected chi connectivity index (χ0v) is 16.0. The molecule has 144 valence electrons. The van der Waals surface area contributed by atoms with Crippen LogP contribution in [-0.2, 0) is 14.3 Å². The van der Waals surface area contributed by atoms with E-state index < -0.39 is 0 Å². The number of ether oxygens (including phenoxy) is 2. The largest absolute Gasteiger partial charge is 0.466 e. The van der Waals surface area contributed by atoms with E-state index in [9.17, 15) is 9.59 Å². The van der Waals surface area contributed by atoms with Crippen LogP contribution in [0, 0.1) is 0 Å². The molecule has 0 aliphatic heterocycles. The highest BCUT2D eigenvalue weighted by Crippen LogP contribution is 2.29. The molecular formula is C23H28O4. The molecule has 0 heterocycles. The quantitative estimate of drug-likeness (QED) is 0.296. The molecule has 0 atom stereocenters. The van der Waals surface area contributed by atoms with Gasteiger partial charge in [-0.25, -0.2) is 0 Å². The van der Waals surface area contributed by atoms with Crippen molar-refractivity contribution < 1.29 is 19.1 Å². The highest BCUT2D eigenvalue weighted by Gasteiger charge is 2.11. The van der Waals surface area contributed by atoms with E-state index in [-0.39, 0.29) is 24.8 Å². The van der Waals surface area contributed by atoms with Gasteiger partial charge in [0.1, 0.15) is 5.75 Å². The van der Waals surface area contributed by atoms with E-state index >= 15 is 0 Å². The zero-order chi connectivity index (χ0) is 19.3. The van der Waals surface area contributed by atoms with Gasteiger partial charge in [0.05, 0.1) is 6.61 Å². The number of rotatable bonds is 11. The van der Waals surface area contributed by atoms with Crippen molar-refractivity contribution in [3.05, 3.63) is 54.6 Å². The molecular weight excluding hydrogens is 340 g/mol.